The van der Waals surface area contributed by atoms with Crippen LogP contribution in [0.1, 0.15) is 23.4 Å². The second-order valence-corrected chi connectivity index (χ2v) is 5.63. The molecule has 94 valence electrons. The van der Waals surface area contributed by atoms with E-state index in [0.717, 1.165) is 12.2 Å². The molecule has 1 aliphatic carbocycles. The minimum atomic E-state index is 0.00531. The molecule has 3 rings (SSSR count). The third-order valence-electron chi connectivity index (χ3n) is 3.19. The average Bonchev–Trinajstić information content (AvgIpc) is 3.13. The molecule has 0 saturated heterocycles. The summed E-state index contributed by atoms with van der Waals surface area (Å²) in [4.78, 5) is 7.95. The Hall–Kier alpha value is -1.39. The first-order valence-corrected chi connectivity index (χ1v) is 7.09. The number of hydrogen-bond acceptors (Lipinski definition) is 4. The topological polar surface area (TPSA) is 36.4 Å². The summed E-state index contributed by atoms with van der Waals surface area (Å²) in [6, 6.07) is 8.95. The Bertz CT molecular complexity index is 508. The Balaban J connectivity index is 1.84. The van der Waals surface area contributed by atoms with Gasteiger partial charge in [0.05, 0.1) is 18.8 Å². The van der Waals surface area contributed by atoms with Gasteiger partial charge in [-0.25, -0.2) is 0 Å². The number of pyridine rings is 1. The molecule has 0 bridgehead atoms. The van der Waals surface area contributed by atoms with Gasteiger partial charge >= 0.3 is 0 Å². The molecule has 1 saturated carbocycles. The van der Waals surface area contributed by atoms with Gasteiger partial charge in [0.15, 0.2) is 0 Å². The van der Waals surface area contributed by atoms with E-state index in [1.54, 1.807) is 17.5 Å². The summed E-state index contributed by atoms with van der Waals surface area (Å²) in [5.74, 6) is 0. The zero-order chi connectivity index (χ0) is 12.4. The quantitative estimate of drug-likeness (QED) is 0.898. The van der Waals surface area contributed by atoms with Crippen molar-refractivity contribution in [2.45, 2.75) is 32.0 Å². The van der Waals surface area contributed by atoms with Crippen molar-refractivity contribution in [1.82, 2.24) is 4.98 Å². The van der Waals surface area contributed by atoms with E-state index >= 15 is 0 Å². The summed E-state index contributed by atoms with van der Waals surface area (Å²) in [6.07, 6.45) is 4.31. The molecule has 3 nitrogen and oxygen atoms in total. The summed E-state index contributed by atoms with van der Waals surface area (Å²) >= 11 is 1.79. The maximum Gasteiger partial charge on any atom is 0.0853 e. The van der Waals surface area contributed by atoms with Crippen LogP contribution in [0.5, 0.6) is 0 Å². The van der Waals surface area contributed by atoms with Gasteiger partial charge in [-0.3, -0.25) is 4.98 Å². The fraction of sp³-hybridized carbons (Fsp3) is 0.357. The van der Waals surface area contributed by atoms with Gasteiger partial charge in [-0.05, 0) is 36.4 Å². The molecule has 0 aromatic carbocycles. The van der Waals surface area contributed by atoms with Crippen molar-refractivity contribution in [2.75, 3.05) is 4.90 Å². The van der Waals surface area contributed by atoms with Gasteiger partial charge in [-0.2, -0.15) is 0 Å². The van der Waals surface area contributed by atoms with Gasteiger partial charge in [0.1, 0.15) is 0 Å². The van der Waals surface area contributed by atoms with Crippen LogP contribution in [0.4, 0.5) is 5.69 Å². The Morgan fingerprint density at radius 1 is 1.39 bits per heavy atom. The zero-order valence-electron chi connectivity index (χ0n) is 10.1. The van der Waals surface area contributed by atoms with Crippen molar-refractivity contribution in [1.29, 1.82) is 0 Å². The van der Waals surface area contributed by atoms with Crippen molar-refractivity contribution in [3.05, 3.63) is 46.4 Å². The summed E-state index contributed by atoms with van der Waals surface area (Å²) < 4.78 is 0. The number of rotatable bonds is 5. The smallest absolute Gasteiger partial charge is 0.0853 e. The molecule has 4 heteroatoms. The van der Waals surface area contributed by atoms with Gasteiger partial charge in [0.25, 0.3) is 0 Å². The lowest BCUT2D eigenvalue weighted by molar-refractivity contribution is 0.277. The fourth-order valence-electron chi connectivity index (χ4n) is 2.12. The minimum absolute atomic E-state index is 0.00531. The highest BCUT2D eigenvalue weighted by Crippen LogP contribution is 2.33. The van der Waals surface area contributed by atoms with E-state index in [1.165, 1.54) is 23.4 Å². The van der Waals surface area contributed by atoms with Gasteiger partial charge in [0, 0.05) is 22.8 Å². The lowest BCUT2D eigenvalue weighted by atomic mass is 10.2. The molecular weight excluding hydrogens is 244 g/mol. The first kappa shape index (κ1) is 11.7. The molecule has 2 aromatic heterocycles. The molecular formula is C14H16N2OS. The van der Waals surface area contributed by atoms with Crippen LogP contribution in [-0.2, 0) is 13.2 Å². The van der Waals surface area contributed by atoms with Crippen molar-refractivity contribution >= 4 is 17.0 Å². The maximum atomic E-state index is 9.18. The summed E-state index contributed by atoms with van der Waals surface area (Å²) in [7, 11) is 0. The van der Waals surface area contributed by atoms with Crippen LogP contribution in [-0.4, -0.2) is 16.1 Å². The number of aromatic nitrogens is 1. The molecule has 0 spiro atoms. The van der Waals surface area contributed by atoms with Crippen LogP contribution in [0.15, 0.2) is 35.8 Å². The molecule has 18 heavy (non-hydrogen) atoms. The molecule has 2 aromatic rings. The Morgan fingerprint density at radius 3 is 2.94 bits per heavy atom. The van der Waals surface area contributed by atoms with Gasteiger partial charge in [0.2, 0.25) is 0 Å². The lowest BCUT2D eigenvalue weighted by Gasteiger charge is -2.24. The third-order valence-corrected chi connectivity index (χ3v) is 4.05. The average molecular weight is 260 g/mol. The second kappa shape index (κ2) is 5.08. The van der Waals surface area contributed by atoms with Crippen molar-refractivity contribution in [3.63, 3.8) is 0 Å². The SMILES string of the molecule is OCc1cc(N(Cc2cccs2)C2CC2)ccn1. The first-order chi connectivity index (χ1) is 8.86. The second-order valence-electron chi connectivity index (χ2n) is 4.60. The number of hydrogen-bond donors (Lipinski definition) is 1. The molecule has 1 aliphatic rings. The van der Waals surface area contributed by atoms with Gasteiger partial charge < -0.3 is 10.0 Å². The molecule has 0 radical (unpaired) electrons. The van der Waals surface area contributed by atoms with E-state index in [9.17, 15) is 5.11 Å². The van der Waals surface area contributed by atoms with Crippen molar-refractivity contribution in [3.8, 4) is 0 Å². The number of aliphatic hydroxyl groups is 1. The maximum absolute atomic E-state index is 9.18. The Kier molecular flexibility index (Phi) is 3.30. The van der Waals surface area contributed by atoms with E-state index < -0.39 is 0 Å². The highest BCUT2D eigenvalue weighted by molar-refractivity contribution is 7.09. The number of aliphatic hydroxyl groups excluding tert-OH is 1. The Labute approximate surface area is 111 Å². The van der Waals surface area contributed by atoms with Crippen LogP contribution >= 0.6 is 11.3 Å². The fourth-order valence-corrected chi connectivity index (χ4v) is 2.82. The zero-order valence-corrected chi connectivity index (χ0v) is 10.9. The predicted octanol–water partition coefficient (Wildman–Crippen LogP) is 2.80. The molecule has 1 fully saturated rings. The van der Waals surface area contributed by atoms with Gasteiger partial charge in [-0.15, -0.1) is 11.3 Å². The summed E-state index contributed by atoms with van der Waals surface area (Å²) in [6.45, 7) is 0.961. The van der Waals surface area contributed by atoms with Crippen LogP contribution in [0, 0.1) is 0 Å². The van der Waals surface area contributed by atoms with E-state index in [0.29, 0.717) is 6.04 Å². The van der Waals surface area contributed by atoms with E-state index in [-0.39, 0.29) is 6.61 Å². The molecule has 0 atom stereocenters. The normalized spacial score (nSPS) is 14.7. The Morgan fingerprint density at radius 2 is 2.28 bits per heavy atom. The predicted molar refractivity (Wildman–Crippen MR) is 73.7 cm³/mol. The standard InChI is InChI=1S/C14H16N2OS/c17-10-11-8-13(5-6-15-11)16(12-3-4-12)9-14-2-1-7-18-14/h1-2,5-8,12,17H,3-4,9-10H2. The molecule has 0 aliphatic heterocycles. The first-order valence-electron chi connectivity index (χ1n) is 6.21. The lowest BCUT2D eigenvalue weighted by Crippen LogP contribution is -2.24. The van der Waals surface area contributed by atoms with Gasteiger partial charge in [-0.1, -0.05) is 6.07 Å². The summed E-state index contributed by atoms with van der Waals surface area (Å²) in [5.41, 5.74) is 1.91. The third kappa shape index (κ3) is 2.54. The van der Waals surface area contributed by atoms with Crippen molar-refractivity contribution in [2.24, 2.45) is 0 Å². The van der Waals surface area contributed by atoms with Crippen LogP contribution in [0.3, 0.4) is 0 Å². The van der Waals surface area contributed by atoms with Crippen LogP contribution in [0.2, 0.25) is 0 Å². The molecule has 0 amide bonds. The van der Waals surface area contributed by atoms with E-state index in [2.05, 4.69) is 27.4 Å². The monoisotopic (exact) mass is 260 g/mol. The number of anilines is 1. The van der Waals surface area contributed by atoms with Crippen molar-refractivity contribution < 1.29 is 5.11 Å². The highest BCUT2D eigenvalue weighted by atomic mass is 32.1. The van der Waals surface area contributed by atoms with E-state index in [1.807, 2.05) is 12.1 Å². The largest absolute Gasteiger partial charge is 0.390 e. The molecule has 1 N–H and O–H groups in total. The van der Waals surface area contributed by atoms with E-state index in [4.69, 9.17) is 0 Å². The molecule has 2 heterocycles. The number of thiophene rings is 1. The highest BCUT2D eigenvalue weighted by Gasteiger charge is 2.29. The number of nitrogens with zero attached hydrogens (tertiary/aromatic N) is 2. The minimum Gasteiger partial charge on any atom is -0.390 e. The van der Waals surface area contributed by atoms with Crippen LogP contribution in [0.25, 0.3) is 0 Å². The molecule has 0 unspecified atom stereocenters. The summed E-state index contributed by atoms with van der Waals surface area (Å²) in [5, 5.41) is 11.3. The van der Waals surface area contributed by atoms with Crippen LogP contribution < -0.4 is 4.90 Å².